The maximum absolute atomic E-state index is 6.36. The second kappa shape index (κ2) is 5.35. The molecule has 2 aromatic heterocycles. The zero-order chi connectivity index (χ0) is 14.2. The molecule has 3 nitrogen and oxygen atoms in total. The van der Waals surface area contributed by atoms with Crippen LogP contribution in [0, 0.1) is 13.8 Å². The Balaban J connectivity index is 2.70. The van der Waals surface area contributed by atoms with Crippen LogP contribution in [0.4, 0.5) is 0 Å². The van der Waals surface area contributed by atoms with E-state index in [1.165, 1.54) is 10.4 Å². The van der Waals surface area contributed by atoms with Gasteiger partial charge < -0.3 is 4.74 Å². The van der Waals surface area contributed by atoms with Gasteiger partial charge in [0.15, 0.2) is 5.82 Å². The van der Waals surface area contributed by atoms with Gasteiger partial charge in [-0.2, -0.15) is 0 Å². The van der Waals surface area contributed by atoms with Gasteiger partial charge in [0.2, 0.25) is 0 Å². The third-order valence-electron chi connectivity index (χ3n) is 3.93. The number of rotatable bonds is 4. The number of methoxy groups -OCH3 is 1. The van der Waals surface area contributed by atoms with E-state index < -0.39 is 5.60 Å². The Kier molecular flexibility index (Phi) is 4.14. The first-order chi connectivity index (χ1) is 8.99. The zero-order valence-corrected chi connectivity index (χ0v) is 13.6. The molecule has 0 saturated heterocycles. The van der Waals surface area contributed by atoms with E-state index in [4.69, 9.17) is 21.3 Å². The first kappa shape index (κ1) is 14.7. The minimum Gasteiger partial charge on any atom is -0.370 e. The van der Waals surface area contributed by atoms with E-state index >= 15 is 0 Å². The Labute approximate surface area is 123 Å². The van der Waals surface area contributed by atoms with Crippen LogP contribution < -0.4 is 0 Å². The highest BCUT2D eigenvalue weighted by molar-refractivity contribution is 7.18. The number of nitrogens with zero attached hydrogens (tertiary/aromatic N) is 2. The van der Waals surface area contributed by atoms with Gasteiger partial charge in [0.25, 0.3) is 0 Å². The van der Waals surface area contributed by atoms with Crippen molar-refractivity contribution in [1.82, 2.24) is 9.97 Å². The summed E-state index contributed by atoms with van der Waals surface area (Å²) in [4.78, 5) is 11.4. The molecule has 2 heterocycles. The van der Waals surface area contributed by atoms with Gasteiger partial charge in [-0.05, 0) is 32.3 Å². The zero-order valence-electron chi connectivity index (χ0n) is 12.0. The standard InChI is InChI=1S/C14H19ClN2OS/c1-6-14(7-2,18-5)13-16-11(15)10-8(3)9(4)19-12(10)17-13/h6-7H2,1-5H3. The lowest BCUT2D eigenvalue weighted by atomic mass is 9.96. The summed E-state index contributed by atoms with van der Waals surface area (Å²) in [7, 11) is 1.71. The third kappa shape index (κ3) is 2.26. The molecule has 0 saturated carbocycles. The second-order valence-electron chi connectivity index (χ2n) is 4.71. The Hall–Kier alpha value is -0.710. The molecule has 0 aliphatic carbocycles. The highest BCUT2D eigenvalue weighted by Gasteiger charge is 2.32. The quantitative estimate of drug-likeness (QED) is 0.772. The van der Waals surface area contributed by atoms with Crippen LogP contribution in [0.2, 0.25) is 5.15 Å². The van der Waals surface area contributed by atoms with Crippen molar-refractivity contribution in [3.8, 4) is 0 Å². The molecule has 104 valence electrons. The van der Waals surface area contributed by atoms with Crippen molar-refractivity contribution in [2.24, 2.45) is 0 Å². The van der Waals surface area contributed by atoms with Crippen molar-refractivity contribution in [2.75, 3.05) is 7.11 Å². The molecule has 0 atom stereocenters. The Bertz CT molecular complexity index is 597. The molecule has 2 rings (SSSR count). The van der Waals surface area contributed by atoms with Crippen molar-refractivity contribution in [3.05, 3.63) is 21.4 Å². The molecule has 19 heavy (non-hydrogen) atoms. The normalized spacial score (nSPS) is 12.3. The summed E-state index contributed by atoms with van der Waals surface area (Å²) in [5.41, 5.74) is 0.733. The average molecular weight is 299 g/mol. The molecule has 0 N–H and O–H groups in total. The fourth-order valence-corrected chi connectivity index (χ4v) is 3.75. The molecule has 0 spiro atoms. The molecular weight excluding hydrogens is 280 g/mol. The van der Waals surface area contributed by atoms with Gasteiger partial charge in [0.05, 0.1) is 5.39 Å². The van der Waals surface area contributed by atoms with Gasteiger partial charge in [-0.15, -0.1) is 11.3 Å². The number of halogens is 1. The highest BCUT2D eigenvalue weighted by atomic mass is 35.5. The van der Waals surface area contributed by atoms with Crippen molar-refractivity contribution >= 4 is 33.2 Å². The number of aromatic nitrogens is 2. The first-order valence-corrected chi connectivity index (χ1v) is 7.67. The van der Waals surface area contributed by atoms with Gasteiger partial charge in [-0.3, -0.25) is 0 Å². The largest absolute Gasteiger partial charge is 0.370 e. The van der Waals surface area contributed by atoms with Gasteiger partial charge in [-0.25, -0.2) is 9.97 Å². The van der Waals surface area contributed by atoms with Crippen LogP contribution in [0.1, 0.15) is 43.0 Å². The summed E-state index contributed by atoms with van der Waals surface area (Å²) in [5.74, 6) is 0.693. The fraction of sp³-hybridized carbons (Fsp3) is 0.571. The molecule has 0 unspecified atom stereocenters. The Morgan fingerprint density at radius 3 is 2.37 bits per heavy atom. The van der Waals surface area contributed by atoms with Crippen LogP contribution in [0.3, 0.4) is 0 Å². The van der Waals surface area contributed by atoms with Crippen LogP contribution in [0.25, 0.3) is 10.2 Å². The highest BCUT2D eigenvalue weighted by Crippen LogP contribution is 2.37. The second-order valence-corrected chi connectivity index (χ2v) is 6.27. The molecule has 0 bridgehead atoms. The molecule has 0 amide bonds. The Morgan fingerprint density at radius 2 is 1.84 bits per heavy atom. The summed E-state index contributed by atoms with van der Waals surface area (Å²) in [5, 5.41) is 1.51. The van der Waals surface area contributed by atoms with E-state index in [9.17, 15) is 0 Å². The van der Waals surface area contributed by atoms with E-state index in [0.29, 0.717) is 11.0 Å². The SMILES string of the molecule is CCC(CC)(OC)c1nc(Cl)c2c(C)c(C)sc2n1. The van der Waals surface area contributed by atoms with Crippen LogP contribution in [-0.2, 0) is 10.3 Å². The van der Waals surface area contributed by atoms with Gasteiger partial charge in [-0.1, -0.05) is 25.4 Å². The van der Waals surface area contributed by atoms with E-state index in [1.807, 2.05) is 0 Å². The number of hydrogen-bond acceptors (Lipinski definition) is 4. The monoisotopic (exact) mass is 298 g/mol. The number of aryl methyl sites for hydroxylation is 2. The summed E-state index contributed by atoms with van der Waals surface area (Å²) in [6, 6.07) is 0. The minimum atomic E-state index is -0.441. The maximum atomic E-state index is 6.36. The predicted octanol–water partition coefficient (Wildman–Crippen LogP) is 4.62. The summed E-state index contributed by atoms with van der Waals surface area (Å²) >= 11 is 8.02. The summed E-state index contributed by atoms with van der Waals surface area (Å²) in [6.45, 7) is 8.31. The average Bonchev–Trinajstić information content (AvgIpc) is 2.68. The smallest absolute Gasteiger partial charge is 0.163 e. The molecule has 0 aliphatic heterocycles. The molecule has 0 fully saturated rings. The molecule has 0 aromatic carbocycles. The van der Waals surface area contributed by atoms with Crippen LogP contribution in [0.5, 0.6) is 0 Å². The van der Waals surface area contributed by atoms with Crippen molar-refractivity contribution in [1.29, 1.82) is 0 Å². The summed E-state index contributed by atoms with van der Waals surface area (Å²) in [6.07, 6.45) is 1.65. The van der Waals surface area contributed by atoms with E-state index in [2.05, 4.69) is 32.7 Å². The van der Waals surface area contributed by atoms with E-state index in [0.717, 1.165) is 23.1 Å². The number of thiophene rings is 1. The van der Waals surface area contributed by atoms with Crippen molar-refractivity contribution < 1.29 is 4.74 Å². The van der Waals surface area contributed by atoms with Gasteiger partial charge >= 0.3 is 0 Å². The van der Waals surface area contributed by atoms with Gasteiger partial charge in [0.1, 0.15) is 15.6 Å². The lowest BCUT2D eigenvalue weighted by Gasteiger charge is -2.28. The van der Waals surface area contributed by atoms with Crippen LogP contribution in [0.15, 0.2) is 0 Å². The third-order valence-corrected chi connectivity index (χ3v) is 5.30. The molecular formula is C14H19ClN2OS. The fourth-order valence-electron chi connectivity index (χ4n) is 2.35. The molecule has 5 heteroatoms. The maximum Gasteiger partial charge on any atom is 0.163 e. The van der Waals surface area contributed by atoms with Crippen molar-refractivity contribution in [3.63, 3.8) is 0 Å². The van der Waals surface area contributed by atoms with Crippen LogP contribution in [-0.4, -0.2) is 17.1 Å². The number of hydrogen-bond donors (Lipinski definition) is 0. The minimum absolute atomic E-state index is 0.441. The lowest BCUT2D eigenvalue weighted by molar-refractivity contribution is -0.0288. The van der Waals surface area contributed by atoms with Crippen LogP contribution >= 0.6 is 22.9 Å². The molecule has 0 aliphatic rings. The molecule has 2 aromatic rings. The number of ether oxygens (including phenoxy) is 1. The lowest BCUT2D eigenvalue weighted by Crippen LogP contribution is -2.29. The Morgan fingerprint density at radius 1 is 1.21 bits per heavy atom. The van der Waals surface area contributed by atoms with Crippen molar-refractivity contribution in [2.45, 2.75) is 46.1 Å². The predicted molar refractivity (Wildman–Crippen MR) is 81.2 cm³/mol. The summed E-state index contributed by atoms with van der Waals surface area (Å²) < 4.78 is 5.68. The first-order valence-electron chi connectivity index (χ1n) is 6.48. The molecule has 0 radical (unpaired) electrons. The number of fused-ring (bicyclic) bond motifs is 1. The van der Waals surface area contributed by atoms with E-state index in [1.54, 1.807) is 18.4 Å². The van der Waals surface area contributed by atoms with E-state index in [-0.39, 0.29) is 0 Å². The topological polar surface area (TPSA) is 35.0 Å². The van der Waals surface area contributed by atoms with Gasteiger partial charge in [0, 0.05) is 12.0 Å².